The monoisotopic (exact) mass is 207 g/mol. The number of hydrogen-bond donors (Lipinski definition) is 2. The van der Waals surface area contributed by atoms with Crippen LogP contribution in [0.15, 0.2) is 12.4 Å². The van der Waals surface area contributed by atoms with Crippen molar-refractivity contribution in [3.05, 3.63) is 23.8 Å². The van der Waals surface area contributed by atoms with E-state index in [1.54, 1.807) is 6.20 Å². The van der Waals surface area contributed by atoms with Crippen molar-refractivity contribution in [3.63, 3.8) is 0 Å². The molecular formula is C10H13N3O2. The fourth-order valence-electron chi connectivity index (χ4n) is 1.97. The molecule has 1 aliphatic carbocycles. The lowest BCUT2D eigenvalue weighted by Gasteiger charge is -2.41. The molecule has 0 aromatic carbocycles. The van der Waals surface area contributed by atoms with E-state index in [9.17, 15) is 9.90 Å². The van der Waals surface area contributed by atoms with Gasteiger partial charge in [0.15, 0.2) is 0 Å². The number of nitrogens with two attached hydrogens (primary N) is 1. The van der Waals surface area contributed by atoms with Gasteiger partial charge in [0.2, 0.25) is 0 Å². The Hall–Kier alpha value is -1.49. The Morgan fingerprint density at radius 2 is 2.20 bits per heavy atom. The summed E-state index contributed by atoms with van der Waals surface area (Å²) >= 11 is 0. The molecular weight excluding hydrogens is 194 g/mol. The first-order valence-corrected chi connectivity index (χ1v) is 4.83. The summed E-state index contributed by atoms with van der Waals surface area (Å²) in [7, 11) is 0. The second-order valence-corrected chi connectivity index (χ2v) is 4.10. The molecule has 5 heteroatoms. The standard InChI is InChI=1S/C10H13N3O2/c1-6-4-13-8(5-12-6)10(9(14)15)2-7(11)3-10/h4-5,7H,2-3,11H2,1H3,(H,14,15). The molecule has 0 amide bonds. The Morgan fingerprint density at radius 1 is 1.53 bits per heavy atom. The minimum Gasteiger partial charge on any atom is -0.481 e. The van der Waals surface area contributed by atoms with E-state index < -0.39 is 11.4 Å². The van der Waals surface area contributed by atoms with E-state index in [-0.39, 0.29) is 6.04 Å². The smallest absolute Gasteiger partial charge is 0.315 e. The Labute approximate surface area is 87.4 Å². The van der Waals surface area contributed by atoms with Crippen molar-refractivity contribution in [2.45, 2.75) is 31.2 Å². The average Bonchev–Trinajstić information content (AvgIpc) is 2.13. The Kier molecular flexibility index (Phi) is 2.19. The van der Waals surface area contributed by atoms with Crippen molar-refractivity contribution in [1.82, 2.24) is 9.97 Å². The number of aryl methyl sites for hydroxylation is 1. The molecule has 0 atom stereocenters. The van der Waals surface area contributed by atoms with Crippen molar-refractivity contribution in [2.24, 2.45) is 5.73 Å². The number of hydrogen-bond acceptors (Lipinski definition) is 4. The normalized spacial score (nSPS) is 29.6. The number of carboxylic acid groups (broad SMARTS) is 1. The molecule has 0 saturated heterocycles. The molecule has 1 aromatic heterocycles. The van der Waals surface area contributed by atoms with Gasteiger partial charge in [0.25, 0.3) is 0 Å². The number of carbonyl (C=O) groups is 1. The van der Waals surface area contributed by atoms with Gasteiger partial charge >= 0.3 is 5.97 Å². The molecule has 80 valence electrons. The summed E-state index contributed by atoms with van der Waals surface area (Å²) < 4.78 is 0. The highest BCUT2D eigenvalue weighted by atomic mass is 16.4. The van der Waals surface area contributed by atoms with Crippen molar-refractivity contribution in [1.29, 1.82) is 0 Å². The molecule has 1 saturated carbocycles. The zero-order valence-electron chi connectivity index (χ0n) is 8.47. The van der Waals surface area contributed by atoms with Crippen molar-refractivity contribution >= 4 is 5.97 Å². The van der Waals surface area contributed by atoms with Crippen molar-refractivity contribution < 1.29 is 9.90 Å². The molecule has 5 nitrogen and oxygen atoms in total. The van der Waals surface area contributed by atoms with Crippen LogP contribution in [-0.2, 0) is 10.2 Å². The molecule has 1 fully saturated rings. The van der Waals surface area contributed by atoms with Crippen LogP contribution in [0, 0.1) is 6.92 Å². The van der Waals surface area contributed by atoms with Gasteiger partial charge < -0.3 is 10.8 Å². The summed E-state index contributed by atoms with van der Waals surface area (Å²) in [5, 5.41) is 9.20. The molecule has 15 heavy (non-hydrogen) atoms. The second-order valence-electron chi connectivity index (χ2n) is 4.10. The van der Waals surface area contributed by atoms with Gasteiger partial charge in [-0.15, -0.1) is 0 Å². The van der Waals surface area contributed by atoms with Crippen molar-refractivity contribution in [2.75, 3.05) is 0 Å². The average molecular weight is 207 g/mol. The maximum absolute atomic E-state index is 11.2. The molecule has 3 N–H and O–H groups in total. The zero-order valence-corrected chi connectivity index (χ0v) is 8.47. The first kappa shape index (κ1) is 10.0. The Morgan fingerprint density at radius 3 is 2.60 bits per heavy atom. The van der Waals surface area contributed by atoms with Gasteiger partial charge in [-0.05, 0) is 19.8 Å². The summed E-state index contributed by atoms with van der Waals surface area (Å²) in [5.74, 6) is -0.859. The molecule has 0 unspecified atom stereocenters. The molecule has 2 rings (SSSR count). The van der Waals surface area contributed by atoms with Gasteiger partial charge in [-0.25, -0.2) is 0 Å². The molecule has 0 spiro atoms. The lowest BCUT2D eigenvalue weighted by molar-refractivity contribution is -0.148. The van der Waals surface area contributed by atoms with Crippen molar-refractivity contribution in [3.8, 4) is 0 Å². The van der Waals surface area contributed by atoms with Crippen LogP contribution >= 0.6 is 0 Å². The maximum Gasteiger partial charge on any atom is 0.315 e. The van der Waals surface area contributed by atoms with Crippen LogP contribution < -0.4 is 5.73 Å². The quantitative estimate of drug-likeness (QED) is 0.724. The van der Waals surface area contributed by atoms with Crippen LogP contribution in [0.5, 0.6) is 0 Å². The van der Waals surface area contributed by atoms with Gasteiger partial charge in [0.1, 0.15) is 5.41 Å². The third kappa shape index (κ3) is 1.48. The Balaban J connectivity index is 2.34. The lowest BCUT2D eigenvalue weighted by Crippen LogP contribution is -2.54. The maximum atomic E-state index is 11.2. The van der Waals surface area contributed by atoms with Crippen LogP contribution in [-0.4, -0.2) is 27.1 Å². The zero-order chi connectivity index (χ0) is 11.1. The van der Waals surface area contributed by atoms with E-state index in [1.807, 2.05) is 6.92 Å². The van der Waals surface area contributed by atoms with Crippen LogP contribution in [0.2, 0.25) is 0 Å². The fourth-order valence-corrected chi connectivity index (χ4v) is 1.97. The number of aliphatic carboxylic acids is 1. The van der Waals surface area contributed by atoms with E-state index >= 15 is 0 Å². The SMILES string of the molecule is Cc1cnc(C2(C(=O)O)CC(N)C2)cn1. The van der Waals surface area contributed by atoms with Gasteiger partial charge in [-0.3, -0.25) is 14.8 Å². The van der Waals surface area contributed by atoms with Gasteiger partial charge in [0.05, 0.1) is 11.4 Å². The third-order valence-electron chi connectivity index (χ3n) is 2.90. The van der Waals surface area contributed by atoms with E-state index in [2.05, 4.69) is 9.97 Å². The summed E-state index contributed by atoms with van der Waals surface area (Å²) in [4.78, 5) is 19.4. The highest BCUT2D eigenvalue weighted by Gasteiger charge is 2.51. The first-order chi connectivity index (χ1) is 7.04. The molecule has 1 aliphatic rings. The van der Waals surface area contributed by atoms with Gasteiger partial charge in [0, 0.05) is 18.4 Å². The number of aromatic nitrogens is 2. The minimum atomic E-state index is -0.903. The van der Waals surface area contributed by atoms with Gasteiger partial charge in [-0.2, -0.15) is 0 Å². The first-order valence-electron chi connectivity index (χ1n) is 4.83. The molecule has 0 bridgehead atoms. The highest BCUT2D eigenvalue weighted by molar-refractivity contribution is 5.82. The predicted octanol–water partition coefficient (Wildman–Crippen LogP) is 0.229. The third-order valence-corrected chi connectivity index (χ3v) is 2.90. The van der Waals surface area contributed by atoms with Crippen LogP contribution in [0.3, 0.4) is 0 Å². The van der Waals surface area contributed by atoms with E-state index in [4.69, 9.17) is 5.73 Å². The Bertz CT molecular complexity index is 382. The minimum absolute atomic E-state index is 0.0378. The molecule has 0 aliphatic heterocycles. The van der Waals surface area contributed by atoms with Crippen LogP contribution in [0.4, 0.5) is 0 Å². The number of rotatable bonds is 2. The summed E-state index contributed by atoms with van der Waals surface area (Å²) in [6, 6.07) is -0.0378. The van der Waals surface area contributed by atoms with Gasteiger partial charge in [-0.1, -0.05) is 0 Å². The largest absolute Gasteiger partial charge is 0.481 e. The highest BCUT2D eigenvalue weighted by Crippen LogP contribution is 2.42. The summed E-state index contributed by atoms with van der Waals surface area (Å²) in [6.45, 7) is 1.82. The number of carboxylic acids is 1. The van der Waals surface area contributed by atoms with E-state index in [0.717, 1.165) is 5.69 Å². The van der Waals surface area contributed by atoms with E-state index in [1.165, 1.54) is 6.20 Å². The van der Waals surface area contributed by atoms with Crippen LogP contribution in [0.1, 0.15) is 24.2 Å². The topological polar surface area (TPSA) is 89.1 Å². The fraction of sp³-hybridized carbons (Fsp3) is 0.500. The molecule has 0 radical (unpaired) electrons. The second kappa shape index (κ2) is 3.27. The van der Waals surface area contributed by atoms with E-state index in [0.29, 0.717) is 18.5 Å². The molecule has 1 aromatic rings. The number of nitrogens with zero attached hydrogens (tertiary/aromatic N) is 2. The van der Waals surface area contributed by atoms with Crippen LogP contribution in [0.25, 0.3) is 0 Å². The summed E-state index contributed by atoms with van der Waals surface area (Å²) in [6.07, 6.45) is 4.01. The lowest BCUT2D eigenvalue weighted by atomic mass is 9.64. The molecule has 1 heterocycles. The summed E-state index contributed by atoms with van der Waals surface area (Å²) in [5.41, 5.74) is 6.04. The predicted molar refractivity (Wildman–Crippen MR) is 53.3 cm³/mol.